The largest absolute Gasteiger partial charge is 0.457 e. The van der Waals surface area contributed by atoms with Crippen molar-refractivity contribution >= 4 is 28.0 Å². The van der Waals surface area contributed by atoms with Crippen molar-refractivity contribution < 1.29 is 9.53 Å². The van der Waals surface area contributed by atoms with Gasteiger partial charge in [-0.05, 0) is 17.7 Å². The van der Waals surface area contributed by atoms with Crippen molar-refractivity contribution in [3.8, 4) is 0 Å². The second-order valence-corrected chi connectivity index (χ2v) is 3.70. The summed E-state index contributed by atoms with van der Waals surface area (Å²) in [5.74, 6) is -0.212. The molecule has 0 saturated carbocycles. The summed E-state index contributed by atoms with van der Waals surface area (Å²) in [6.07, 6.45) is 4.02. The fourth-order valence-electron chi connectivity index (χ4n) is 1.44. The van der Waals surface area contributed by atoms with Gasteiger partial charge in [-0.3, -0.25) is 0 Å². The maximum atomic E-state index is 11.1. The molecule has 0 aliphatic carbocycles. The molecule has 1 aliphatic heterocycles. The number of benzene rings is 1. The smallest absolute Gasteiger partial charge is 0.338 e. The molecule has 1 aliphatic rings. The van der Waals surface area contributed by atoms with Crippen LogP contribution in [0.1, 0.15) is 21.5 Å². The average molecular weight is 253 g/mol. The van der Waals surface area contributed by atoms with E-state index in [4.69, 9.17) is 4.74 Å². The lowest BCUT2D eigenvalue weighted by Gasteiger charge is -1.96. The standard InChI is InChI=1S/C11H9BrO2/c12-5-1-2-8-3-4-10-9(6-8)7-14-11(10)13/h1-4,6H,5,7H2. The summed E-state index contributed by atoms with van der Waals surface area (Å²) in [5, 5.41) is 0.833. The Bertz CT molecular complexity index is 396. The van der Waals surface area contributed by atoms with Crippen molar-refractivity contribution in [2.24, 2.45) is 0 Å². The lowest BCUT2D eigenvalue weighted by atomic mass is 10.1. The summed E-state index contributed by atoms with van der Waals surface area (Å²) in [6.45, 7) is 0.407. The fourth-order valence-corrected chi connectivity index (χ4v) is 1.62. The van der Waals surface area contributed by atoms with Crippen molar-refractivity contribution in [2.75, 3.05) is 5.33 Å². The third-order valence-corrected chi connectivity index (χ3v) is 2.48. The Labute approximate surface area is 90.7 Å². The molecule has 3 heteroatoms. The van der Waals surface area contributed by atoms with E-state index in [1.807, 2.05) is 30.4 Å². The second-order valence-electron chi connectivity index (χ2n) is 3.05. The van der Waals surface area contributed by atoms with Gasteiger partial charge < -0.3 is 4.74 Å². The summed E-state index contributed by atoms with van der Waals surface area (Å²) in [7, 11) is 0. The van der Waals surface area contributed by atoms with Crippen LogP contribution in [-0.4, -0.2) is 11.3 Å². The summed E-state index contributed by atoms with van der Waals surface area (Å²) < 4.78 is 4.91. The van der Waals surface area contributed by atoms with E-state index in [2.05, 4.69) is 15.9 Å². The number of allylic oxidation sites excluding steroid dienone is 1. The molecule has 0 radical (unpaired) electrons. The molecular weight excluding hydrogens is 244 g/mol. The van der Waals surface area contributed by atoms with Gasteiger partial charge in [0.1, 0.15) is 6.61 Å². The monoisotopic (exact) mass is 252 g/mol. The topological polar surface area (TPSA) is 26.3 Å². The van der Waals surface area contributed by atoms with Gasteiger partial charge in [-0.2, -0.15) is 0 Å². The van der Waals surface area contributed by atoms with E-state index in [-0.39, 0.29) is 5.97 Å². The van der Waals surface area contributed by atoms with Crippen LogP contribution in [0.2, 0.25) is 0 Å². The van der Waals surface area contributed by atoms with E-state index in [0.717, 1.165) is 16.5 Å². The maximum absolute atomic E-state index is 11.1. The summed E-state index contributed by atoms with van der Waals surface area (Å²) in [5.41, 5.74) is 2.77. The number of alkyl halides is 1. The van der Waals surface area contributed by atoms with E-state index >= 15 is 0 Å². The zero-order valence-electron chi connectivity index (χ0n) is 7.50. The van der Waals surface area contributed by atoms with E-state index in [1.54, 1.807) is 0 Å². The minimum absolute atomic E-state index is 0.212. The number of ether oxygens (including phenoxy) is 1. The van der Waals surface area contributed by atoms with Gasteiger partial charge in [0.15, 0.2) is 0 Å². The van der Waals surface area contributed by atoms with Gasteiger partial charge in [0.05, 0.1) is 5.56 Å². The third kappa shape index (κ3) is 1.73. The van der Waals surface area contributed by atoms with Gasteiger partial charge in [-0.15, -0.1) is 0 Å². The molecule has 0 unspecified atom stereocenters. The third-order valence-electron chi connectivity index (χ3n) is 2.11. The van der Waals surface area contributed by atoms with E-state index in [0.29, 0.717) is 12.2 Å². The molecule has 0 spiro atoms. The zero-order chi connectivity index (χ0) is 9.97. The van der Waals surface area contributed by atoms with E-state index in [9.17, 15) is 4.79 Å². The number of hydrogen-bond donors (Lipinski definition) is 0. The molecule has 0 N–H and O–H groups in total. The van der Waals surface area contributed by atoms with Crippen LogP contribution >= 0.6 is 15.9 Å². The van der Waals surface area contributed by atoms with Gasteiger partial charge in [-0.25, -0.2) is 4.79 Å². The van der Waals surface area contributed by atoms with Gasteiger partial charge in [-0.1, -0.05) is 34.1 Å². The molecule has 1 aromatic rings. The lowest BCUT2D eigenvalue weighted by Crippen LogP contribution is -1.92. The zero-order valence-corrected chi connectivity index (χ0v) is 9.08. The molecule has 0 saturated heterocycles. The first kappa shape index (κ1) is 9.46. The number of carbonyl (C=O) groups is 1. The van der Waals surface area contributed by atoms with Crippen LogP contribution in [0.3, 0.4) is 0 Å². The van der Waals surface area contributed by atoms with Gasteiger partial charge in [0.25, 0.3) is 0 Å². The minimum atomic E-state index is -0.212. The van der Waals surface area contributed by atoms with Crippen LogP contribution in [0.5, 0.6) is 0 Å². The van der Waals surface area contributed by atoms with Crippen molar-refractivity contribution in [3.05, 3.63) is 41.0 Å². The number of rotatable bonds is 2. The van der Waals surface area contributed by atoms with Gasteiger partial charge >= 0.3 is 5.97 Å². The Morgan fingerprint density at radius 1 is 1.50 bits per heavy atom. The summed E-state index contributed by atoms with van der Waals surface area (Å²) in [4.78, 5) is 11.1. The van der Waals surface area contributed by atoms with Gasteiger partial charge in [0, 0.05) is 10.9 Å². The molecule has 0 amide bonds. The Balaban J connectivity index is 2.32. The first-order valence-electron chi connectivity index (χ1n) is 4.34. The van der Waals surface area contributed by atoms with Gasteiger partial charge in [0.2, 0.25) is 0 Å². The second kappa shape index (κ2) is 3.96. The predicted octanol–water partition coefficient (Wildman–Crippen LogP) is 2.77. The molecule has 0 aromatic heterocycles. The molecule has 1 aromatic carbocycles. The van der Waals surface area contributed by atoms with Crippen LogP contribution in [-0.2, 0) is 11.3 Å². The summed E-state index contributed by atoms with van der Waals surface area (Å²) in [6, 6.07) is 5.72. The maximum Gasteiger partial charge on any atom is 0.338 e. The Hall–Kier alpha value is -1.09. The SMILES string of the molecule is O=C1OCc2cc(C=CCBr)ccc21. The van der Waals surface area contributed by atoms with Crippen LogP contribution < -0.4 is 0 Å². The Morgan fingerprint density at radius 2 is 2.36 bits per heavy atom. The Morgan fingerprint density at radius 3 is 3.14 bits per heavy atom. The van der Waals surface area contributed by atoms with Crippen molar-refractivity contribution in [1.29, 1.82) is 0 Å². The van der Waals surface area contributed by atoms with Crippen molar-refractivity contribution in [3.63, 3.8) is 0 Å². The molecule has 2 rings (SSSR count). The first-order chi connectivity index (χ1) is 6.81. The highest BCUT2D eigenvalue weighted by Crippen LogP contribution is 2.21. The molecule has 72 valence electrons. The molecule has 0 fully saturated rings. The van der Waals surface area contributed by atoms with Crippen molar-refractivity contribution in [1.82, 2.24) is 0 Å². The molecule has 0 bridgehead atoms. The predicted molar refractivity (Wildman–Crippen MR) is 58.4 cm³/mol. The highest BCUT2D eigenvalue weighted by molar-refractivity contribution is 9.09. The van der Waals surface area contributed by atoms with Crippen LogP contribution in [0.15, 0.2) is 24.3 Å². The number of halogens is 1. The van der Waals surface area contributed by atoms with Crippen LogP contribution in [0, 0.1) is 0 Å². The number of esters is 1. The number of cyclic esters (lactones) is 1. The molecule has 1 heterocycles. The van der Waals surface area contributed by atoms with Crippen LogP contribution in [0.4, 0.5) is 0 Å². The van der Waals surface area contributed by atoms with Crippen LogP contribution in [0.25, 0.3) is 6.08 Å². The van der Waals surface area contributed by atoms with E-state index < -0.39 is 0 Å². The average Bonchev–Trinajstić information content (AvgIpc) is 2.57. The first-order valence-corrected chi connectivity index (χ1v) is 5.46. The normalized spacial score (nSPS) is 14.5. The number of hydrogen-bond acceptors (Lipinski definition) is 2. The number of fused-ring (bicyclic) bond motifs is 1. The molecule has 14 heavy (non-hydrogen) atoms. The molecular formula is C11H9BrO2. The molecule has 2 nitrogen and oxygen atoms in total. The molecule has 0 atom stereocenters. The quantitative estimate of drug-likeness (QED) is 0.598. The van der Waals surface area contributed by atoms with E-state index in [1.165, 1.54) is 0 Å². The fraction of sp³-hybridized carbons (Fsp3) is 0.182. The highest BCUT2D eigenvalue weighted by atomic mass is 79.9. The van der Waals surface area contributed by atoms with Crippen molar-refractivity contribution in [2.45, 2.75) is 6.61 Å². The summed E-state index contributed by atoms with van der Waals surface area (Å²) >= 11 is 3.31. The number of carbonyl (C=O) groups excluding carboxylic acids is 1. The highest BCUT2D eigenvalue weighted by Gasteiger charge is 2.20. The minimum Gasteiger partial charge on any atom is -0.457 e. The Kier molecular flexibility index (Phi) is 2.68. The lowest BCUT2D eigenvalue weighted by molar-refractivity contribution is 0.0535.